The molecule has 0 aromatic carbocycles. The molecule has 6 nitrogen and oxygen atoms in total. The Balaban J connectivity index is 0.00000112. The zero-order valence-corrected chi connectivity index (χ0v) is 7.73. The van der Waals surface area contributed by atoms with Gasteiger partial charge < -0.3 is 14.9 Å². The van der Waals surface area contributed by atoms with E-state index in [4.69, 9.17) is 9.47 Å². The van der Waals surface area contributed by atoms with Crippen LogP contribution in [0.2, 0.25) is 0 Å². The van der Waals surface area contributed by atoms with Crippen molar-refractivity contribution in [3.05, 3.63) is 29.6 Å². The van der Waals surface area contributed by atoms with Crippen LogP contribution in [-0.4, -0.2) is 35.6 Å². The Kier molecular flexibility index (Phi) is 3.35. The molecule has 2 rings (SSSR count). The maximum absolute atomic E-state index is 11.2. The first-order valence-electron chi connectivity index (χ1n) is 4.09. The fraction of sp³-hybridized carbons (Fsp3) is 0.222. The van der Waals surface area contributed by atoms with E-state index in [2.05, 4.69) is 4.98 Å². The number of carbonyl (C=O) groups is 2. The fourth-order valence-corrected chi connectivity index (χ4v) is 1.08. The van der Waals surface area contributed by atoms with Crippen LogP contribution in [0.3, 0.4) is 0 Å². The van der Waals surface area contributed by atoms with E-state index in [1.54, 1.807) is 6.07 Å². The molecule has 0 amide bonds. The maximum Gasteiger partial charge on any atom is 0.357 e. The van der Waals surface area contributed by atoms with Crippen LogP contribution >= 0.6 is 0 Å². The molecule has 2 N–H and O–H groups in total. The Morgan fingerprint density at radius 1 is 1.00 bits per heavy atom. The Bertz CT molecular complexity index is 357. The molecule has 0 unspecified atom stereocenters. The van der Waals surface area contributed by atoms with Gasteiger partial charge >= 0.3 is 11.9 Å². The van der Waals surface area contributed by atoms with Gasteiger partial charge in [0.2, 0.25) is 0 Å². The smallest absolute Gasteiger partial charge is 0.357 e. The van der Waals surface area contributed by atoms with Crippen molar-refractivity contribution < 1.29 is 24.5 Å². The third-order valence-electron chi connectivity index (χ3n) is 1.72. The molecule has 0 radical (unpaired) electrons. The lowest BCUT2D eigenvalue weighted by atomic mass is 10.3. The molecule has 2 heterocycles. The summed E-state index contributed by atoms with van der Waals surface area (Å²) < 4.78 is 9.54. The zero-order chi connectivity index (χ0) is 9.97. The molecule has 15 heavy (non-hydrogen) atoms. The van der Waals surface area contributed by atoms with Crippen LogP contribution in [0, 0.1) is 0 Å². The number of fused-ring (bicyclic) bond motifs is 2. The molecule has 1 aliphatic rings. The van der Waals surface area contributed by atoms with E-state index in [9.17, 15) is 9.59 Å². The van der Waals surface area contributed by atoms with Crippen LogP contribution in [0.1, 0.15) is 21.0 Å². The predicted molar refractivity (Wildman–Crippen MR) is 48.4 cm³/mol. The maximum atomic E-state index is 11.2. The summed E-state index contributed by atoms with van der Waals surface area (Å²) in [6.45, 7) is 0.120. The molecular weight excluding hydrogens is 202 g/mol. The van der Waals surface area contributed by atoms with Gasteiger partial charge in [0.1, 0.15) is 24.6 Å². The van der Waals surface area contributed by atoms with Gasteiger partial charge in [0.15, 0.2) is 0 Å². The molecule has 0 saturated carbocycles. The SMILES string of the molecule is O.O=C1OCCOC(=O)c2cccc1n2. The molecule has 0 saturated heterocycles. The minimum absolute atomic E-state index is 0. The first-order chi connectivity index (χ1) is 6.77. The Labute approximate surface area is 85.1 Å². The Hall–Kier alpha value is -1.95. The average Bonchev–Trinajstić information content (AvgIpc) is 2.26. The van der Waals surface area contributed by atoms with E-state index >= 15 is 0 Å². The molecule has 1 aromatic heterocycles. The van der Waals surface area contributed by atoms with Gasteiger partial charge in [-0.15, -0.1) is 0 Å². The second kappa shape index (κ2) is 4.52. The topological polar surface area (TPSA) is 97.0 Å². The number of pyridine rings is 1. The van der Waals surface area contributed by atoms with Gasteiger partial charge in [-0.25, -0.2) is 14.6 Å². The molecule has 6 heteroatoms. The standard InChI is InChI=1S/C9H7NO4.H2O/c11-8-6-2-1-3-7(10-6)9(12)14-5-4-13-8;/h1-3H,4-5H2;1H2. The van der Waals surface area contributed by atoms with Crippen LogP contribution in [0.25, 0.3) is 0 Å². The summed E-state index contributed by atoms with van der Waals surface area (Å²) in [5.41, 5.74) is 0.253. The molecule has 0 spiro atoms. The summed E-state index contributed by atoms with van der Waals surface area (Å²) in [4.78, 5) is 26.3. The molecular formula is C9H9NO5. The van der Waals surface area contributed by atoms with Crippen molar-refractivity contribution in [2.45, 2.75) is 0 Å². The summed E-state index contributed by atoms with van der Waals surface area (Å²) in [7, 11) is 0. The molecule has 80 valence electrons. The number of esters is 2. The average molecular weight is 211 g/mol. The van der Waals surface area contributed by atoms with Crippen molar-refractivity contribution >= 4 is 11.9 Å². The van der Waals surface area contributed by atoms with Crippen LogP contribution < -0.4 is 0 Å². The van der Waals surface area contributed by atoms with Gasteiger partial charge in [-0.2, -0.15) is 0 Å². The lowest BCUT2D eigenvalue weighted by Crippen LogP contribution is -2.10. The quantitative estimate of drug-likeness (QED) is 0.543. The summed E-state index contributed by atoms with van der Waals surface area (Å²) in [5, 5.41) is 0. The zero-order valence-electron chi connectivity index (χ0n) is 7.73. The van der Waals surface area contributed by atoms with Crippen LogP contribution in [0.5, 0.6) is 0 Å². The lowest BCUT2D eigenvalue weighted by Gasteiger charge is -2.00. The van der Waals surface area contributed by atoms with E-state index in [1.807, 2.05) is 0 Å². The molecule has 2 bridgehead atoms. The normalized spacial score (nSPS) is 14.9. The minimum atomic E-state index is -0.537. The van der Waals surface area contributed by atoms with E-state index in [1.165, 1.54) is 12.1 Å². The number of hydrogen-bond donors (Lipinski definition) is 0. The van der Waals surface area contributed by atoms with Crippen LogP contribution in [0.4, 0.5) is 0 Å². The summed E-state index contributed by atoms with van der Waals surface area (Å²) in [6.07, 6.45) is 0. The summed E-state index contributed by atoms with van der Waals surface area (Å²) in [6, 6.07) is 4.54. The van der Waals surface area contributed by atoms with Crippen molar-refractivity contribution in [2.24, 2.45) is 0 Å². The highest BCUT2D eigenvalue weighted by atomic mass is 16.6. The molecule has 1 aromatic rings. The molecule has 0 aliphatic carbocycles. The number of aromatic nitrogens is 1. The minimum Gasteiger partial charge on any atom is -0.457 e. The van der Waals surface area contributed by atoms with Gasteiger partial charge in [-0.1, -0.05) is 6.07 Å². The van der Waals surface area contributed by atoms with Gasteiger partial charge in [-0.05, 0) is 12.1 Å². The van der Waals surface area contributed by atoms with Gasteiger partial charge in [0.05, 0.1) is 0 Å². The number of nitrogens with zero attached hydrogens (tertiary/aromatic N) is 1. The summed E-state index contributed by atoms with van der Waals surface area (Å²) in [5.74, 6) is -1.07. The highest BCUT2D eigenvalue weighted by Gasteiger charge is 2.16. The number of rotatable bonds is 0. The number of carbonyl (C=O) groups excluding carboxylic acids is 2. The Morgan fingerprint density at radius 2 is 1.47 bits per heavy atom. The van der Waals surface area contributed by atoms with Crippen molar-refractivity contribution in [2.75, 3.05) is 13.2 Å². The van der Waals surface area contributed by atoms with E-state index in [0.29, 0.717) is 0 Å². The third-order valence-corrected chi connectivity index (χ3v) is 1.72. The fourth-order valence-electron chi connectivity index (χ4n) is 1.08. The number of ether oxygens (including phenoxy) is 2. The van der Waals surface area contributed by atoms with Crippen molar-refractivity contribution in [3.8, 4) is 0 Å². The number of cyclic esters (lactones) is 2. The second-order valence-electron chi connectivity index (χ2n) is 2.68. The van der Waals surface area contributed by atoms with Gasteiger partial charge in [-0.3, -0.25) is 0 Å². The van der Waals surface area contributed by atoms with Crippen LogP contribution in [-0.2, 0) is 9.47 Å². The third kappa shape index (κ3) is 2.29. The monoisotopic (exact) mass is 211 g/mol. The highest BCUT2D eigenvalue weighted by Crippen LogP contribution is 2.05. The van der Waals surface area contributed by atoms with Crippen molar-refractivity contribution in [3.63, 3.8) is 0 Å². The Morgan fingerprint density at radius 3 is 1.93 bits per heavy atom. The van der Waals surface area contributed by atoms with Gasteiger partial charge in [0, 0.05) is 0 Å². The van der Waals surface area contributed by atoms with E-state index < -0.39 is 11.9 Å². The second-order valence-corrected chi connectivity index (χ2v) is 2.68. The molecule has 0 fully saturated rings. The first kappa shape index (κ1) is 11.1. The van der Waals surface area contributed by atoms with E-state index in [0.717, 1.165) is 0 Å². The van der Waals surface area contributed by atoms with Crippen molar-refractivity contribution in [1.82, 2.24) is 4.98 Å². The van der Waals surface area contributed by atoms with Crippen LogP contribution in [0.15, 0.2) is 18.2 Å². The predicted octanol–water partition coefficient (Wildman–Crippen LogP) is -0.416. The molecule has 0 atom stereocenters. The summed E-state index contributed by atoms with van der Waals surface area (Å²) >= 11 is 0. The number of hydrogen-bond acceptors (Lipinski definition) is 5. The largest absolute Gasteiger partial charge is 0.457 e. The van der Waals surface area contributed by atoms with Crippen molar-refractivity contribution in [1.29, 1.82) is 0 Å². The molecule has 1 aliphatic heterocycles. The highest BCUT2D eigenvalue weighted by molar-refractivity contribution is 5.91. The lowest BCUT2D eigenvalue weighted by molar-refractivity contribution is 0.0277. The first-order valence-corrected chi connectivity index (χ1v) is 4.09. The van der Waals surface area contributed by atoms with Gasteiger partial charge in [0.25, 0.3) is 0 Å². The van der Waals surface area contributed by atoms with E-state index in [-0.39, 0.29) is 30.1 Å².